The van der Waals surface area contributed by atoms with Crippen molar-refractivity contribution >= 4 is 17.8 Å². The number of hydrazine groups is 1. The van der Waals surface area contributed by atoms with Crippen LogP contribution in [0.5, 0.6) is 5.75 Å². The molecule has 0 aromatic heterocycles. The highest BCUT2D eigenvalue weighted by Crippen LogP contribution is 2.32. The topological polar surface area (TPSA) is 93.7 Å². The van der Waals surface area contributed by atoms with Crippen LogP contribution < -0.4 is 15.6 Å². The zero-order valence-corrected chi connectivity index (χ0v) is 13.5. The molecule has 1 unspecified atom stereocenters. The van der Waals surface area contributed by atoms with Gasteiger partial charge in [-0.1, -0.05) is 24.3 Å². The summed E-state index contributed by atoms with van der Waals surface area (Å²) in [5, 5.41) is 0. The summed E-state index contributed by atoms with van der Waals surface area (Å²) in [6.07, 6.45) is -0.826. The third kappa shape index (κ3) is 4.15. The highest BCUT2D eigenvalue weighted by Gasteiger charge is 2.32. The molecule has 1 heterocycles. The molecule has 0 fully saturated rings. The van der Waals surface area contributed by atoms with Gasteiger partial charge in [0.25, 0.3) is 5.91 Å². The summed E-state index contributed by atoms with van der Waals surface area (Å²) in [5.74, 6) is -1.92. The molecule has 0 spiro atoms. The van der Waals surface area contributed by atoms with Gasteiger partial charge in [0.2, 0.25) is 5.91 Å². The molecule has 1 aliphatic heterocycles. The molecule has 0 aliphatic carbocycles. The number of carbonyl (C=O) groups is 3. The molecule has 134 valence electrons. The van der Waals surface area contributed by atoms with Crippen LogP contribution in [0.1, 0.15) is 28.4 Å². The molecule has 0 radical (unpaired) electrons. The number of benzene rings is 2. The highest BCUT2D eigenvalue weighted by atomic mass is 19.1. The van der Waals surface area contributed by atoms with Crippen molar-refractivity contribution in [1.29, 1.82) is 0 Å². The van der Waals surface area contributed by atoms with Gasteiger partial charge in [-0.3, -0.25) is 20.4 Å². The van der Waals surface area contributed by atoms with E-state index in [1.807, 2.05) is 0 Å². The second-order valence-corrected chi connectivity index (χ2v) is 5.53. The van der Waals surface area contributed by atoms with Crippen LogP contribution in [0.15, 0.2) is 48.5 Å². The number of cyclic esters (lactones) is 1. The maximum absolute atomic E-state index is 13.0. The smallest absolute Gasteiger partial charge is 0.339 e. The number of ether oxygens (including phenoxy) is 2. The van der Waals surface area contributed by atoms with Crippen molar-refractivity contribution in [3.8, 4) is 5.75 Å². The van der Waals surface area contributed by atoms with Crippen LogP contribution in [0.25, 0.3) is 0 Å². The molecular formula is C18H15FN2O5. The average molecular weight is 358 g/mol. The maximum atomic E-state index is 13.0. The predicted molar refractivity (Wildman–Crippen MR) is 87.4 cm³/mol. The van der Waals surface area contributed by atoms with Crippen LogP contribution in [-0.2, 0) is 14.3 Å². The van der Waals surface area contributed by atoms with Gasteiger partial charge in [0.1, 0.15) is 17.7 Å². The number of rotatable bonds is 5. The molecule has 2 N–H and O–H groups in total. The third-order valence-electron chi connectivity index (χ3n) is 3.66. The highest BCUT2D eigenvalue weighted by molar-refractivity contribution is 5.94. The molecule has 1 atom stereocenters. The number of nitrogens with one attached hydrogen (secondary N) is 2. The van der Waals surface area contributed by atoms with Gasteiger partial charge in [0.15, 0.2) is 6.61 Å². The number of halogens is 1. The molecule has 2 aromatic rings. The fourth-order valence-electron chi connectivity index (χ4n) is 2.47. The number of carbonyl (C=O) groups excluding carboxylic acids is 3. The van der Waals surface area contributed by atoms with E-state index in [2.05, 4.69) is 10.9 Å². The normalized spacial score (nSPS) is 15.0. The molecule has 26 heavy (non-hydrogen) atoms. The van der Waals surface area contributed by atoms with Crippen molar-refractivity contribution in [3.05, 3.63) is 65.5 Å². The molecule has 2 aromatic carbocycles. The van der Waals surface area contributed by atoms with Crippen LogP contribution >= 0.6 is 0 Å². The van der Waals surface area contributed by atoms with Gasteiger partial charge >= 0.3 is 5.97 Å². The first-order chi connectivity index (χ1) is 12.5. The fourth-order valence-corrected chi connectivity index (χ4v) is 2.47. The maximum Gasteiger partial charge on any atom is 0.339 e. The summed E-state index contributed by atoms with van der Waals surface area (Å²) in [7, 11) is 0. The number of hydrogen-bond acceptors (Lipinski definition) is 5. The van der Waals surface area contributed by atoms with Crippen molar-refractivity contribution in [2.75, 3.05) is 6.61 Å². The van der Waals surface area contributed by atoms with Gasteiger partial charge in [-0.2, -0.15) is 0 Å². The minimum absolute atomic E-state index is 0.131. The second kappa shape index (κ2) is 7.64. The van der Waals surface area contributed by atoms with Crippen LogP contribution in [-0.4, -0.2) is 24.4 Å². The quantitative estimate of drug-likeness (QED) is 0.626. The predicted octanol–water partition coefficient (Wildman–Crippen LogP) is 1.65. The molecule has 0 saturated heterocycles. The Morgan fingerprint density at radius 3 is 2.65 bits per heavy atom. The third-order valence-corrected chi connectivity index (χ3v) is 3.66. The summed E-state index contributed by atoms with van der Waals surface area (Å²) in [5.41, 5.74) is 5.46. The van der Waals surface area contributed by atoms with Gasteiger partial charge < -0.3 is 9.47 Å². The SMILES string of the molecule is O=C(COc1cccc(F)c1)NNC(=O)CC1OC(=O)c2ccccc21. The van der Waals surface area contributed by atoms with Gasteiger partial charge in [-0.05, 0) is 18.2 Å². The van der Waals surface area contributed by atoms with Crippen molar-refractivity contribution < 1.29 is 28.2 Å². The molecular weight excluding hydrogens is 343 g/mol. The van der Waals surface area contributed by atoms with Crippen LogP contribution in [0.4, 0.5) is 4.39 Å². The number of amides is 2. The Labute approximate surface area is 148 Å². The van der Waals surface area contributed by atoms with Crippen LogP contribution in [0.2, 0.25) is 0 Å². The lowest BCUT2D eigenvalue weighted by molar-refractivity contribution is -0.131. The number of fused-ring (bicyclic) bond motifs is 1. The molecule has 0 saturated carbocycles. The Hall–Kier alpha value is -3.42. The fraction of sp³-hybridized carbons (Fsp3) is 0.167. The van der Waals surface area contributed by atoms with Gasteiger partial charge in [-0.25, -0.2) is 9.18 Å². The largest absolute Gasteiger partial charge is 0.484 e. The van der Waals surface area contributed by atoms with Crippen molar-refractivity contribution in [1.82, 2.24) is 10.9 Å². The summed E-state index contributed by atoms with van der Waals surface area (Å²) in [6.45, 7) is -0.398. The number of hydrogen-bond donors (Lipinski definition) is 2. The Bertz CT molecular complexity index is 855. The summed E-state index contributed by atoms with van der Waals surface area (Å²) < 4.78 is 23.3. The second-order valence-electron chi connectivity index (χ2n) is 5.53. The molecule has 3 rings (SSSR count). The van der Waals surface area contributed by atoms with E-state index < -0.39 is 36.3 Å². The zero-order valence-electron chi connectivity index (χ0n) is 13.5. The lowest BCUT2D eigenvalue weighted by atomic mass is 10.0. The zero-order chi connectivity index (χ0) is 18.5. The average Bonchev–Trinajstić information content (AvgIpc) is 2.94. The van der Waals surface area contributed by atoms with Gasteiger partial charge in [-0.15, -0.1) is 0 Å². The summed E-state index contributed by atoms with van der Waals surface area (Å²) in [6, 6.07) is 12.1. The number of esters is 1. The monoisotopic (exact) mass is 358 g/mol. The van der Waals surface area contributed by atoms with Gasteiger partial charge in [0, 0.05) is 11.6 Å². The minimum atomic E-state index is -0.695. The van der Waals surface area contributed by atoms with Crippen molar-refractivity contribution in [3.63, 3.8) is 0 Å². The van der Waals surface area contributed by atoms with Gasteiger partial charge in [0.05, 0.1) is 12.0 Å². The minimum Gasteiger partial charge on any atom is -0.484 e. The van der Waals surface area contributed by atoms with Crippen LogP contribution in [0, 0.1) is 5.82 Å². The van der Waals surface area contributed by atoms with E-state index in [0.717, 1.165) is 6.07 Å². The Kier molecular flexibility index (Phi) is 5.12. The van der Waals surface area contributed by atoms with E-state index >= 15 is 0 Å². The molecule has 0 bridgehead atoms. The van der Waals surface area contributed by atoms with E-state index in [1.165, 1.54) is 18.2 Å². The first kappa shape index (κ1) is 17.4. The van der Waals surface area contributed by atoms with Crippen molar-refractivity contribution in [2.24, 2.45) is 0 Å². The Balaban J connectivity index is 1.44. The Morgan fingerprint density at radius 1 is 1.08 bits per heavy atom. The molecule has 1 aliphatic rings. The van der Waals surface area contributed by atoms with Crippen LogP contribution in [0.3, 0.4) is 0 Å². The van der Waals surface area contributed by atoms with E-state index in [1.54, 1.807) is 24.3 Å². The summed E-state index contributed by atoms with van der Waals surface area (Å²) in [4.78, 5) is 35.3. The molecule has 7 nitrogen and oxygen atoms in total. The standard InChI is InChI=1S/C18H15FN2O5/c19-11-4-3-5-12(8-11)25-10-17(23)21-20-16(22)9-15-13-6-1-2-7-14(13)18(24)26-15/h1-8,15H,9-10H2,(H,20,22)(H,21,23). The van der Waals surface area contributed by atoms with E-state index in [9.17, 15) is 18.8 Å². The molecule has 2 amide bonds. The lowest BCUT2D eigenvalue weighted by Crippen LogP contribution is -2.44. The Morgan fingerprint density at radius 2 is 1.85 bits per heavy atom. The summed E-state index contributed by atoms with van der Waals surface area (Å²) >= 11 is 0. The first-order valence-corrected chi connectivity index (χ1v) is 7.79. The van der Waals surface area contributed by atoms with E-state index in [4.69, 9.17) is 9.47 Å². The lowest BCUT2D eigenvalue weighted by Gasteiger charge is -2.12. The first-order valence-electron chi connectivity index (χ1n) is 7.79. The van der Waals surface area contributed by atoms with E-state index in [0.29, 0.717) is 11.1 Å². The molecule has 8 heteroatoms. The van der Waals surface area contributed by atoms with E-state index in [-0.39, 0.29) is 12.2 Å². The van der Waals surface area contributed by atoms with Crippen molar-refractivity contribution in [2.45, 2.75) is 12.5 Å².